The molecule has 2 atom stereocenters. The third-order valence-corrected chi connectivity index (χ3v) is 2.98. The molecule has 0 saturated heterocycles. The Balaban J connectivity index is 2.26. The largest absolute Gasteiger partial charge is 0.444 e. The van der Waals surface area contributed by atoms with Gasteiger partial charge in [0.25, 0.3) is 0 Å². The first-order valence-electron chi connectivity index (χ1n) is 7.20. The summed E-state index contributed by atoms with van der Waals surface area (Å²) in [5, 5.41) is 5.58. The Kier molecular flexibility index (Phi) is 6.05. The van der Waals surface area contributed by atoms with Crippen LogP contribution in [0.5, 0.6) is 0 Å². The molecule has 20 heavy (non-hydrogen) atoms. The summed E-state index contributed by atoms with van der Waals surface area (Å²) in [5.74, 6) is 0.122. The lowest BCUT2D eigenvalue weighted by Crippen LogP contribution is -2.45. The Morgan fingerprint density at radius 2 is 2.05 bits per heavy atom. The van der Waals surface area contributed by atoms with Crippen LogP contribution >= 0.6 is 0 Å². The zero-order valence-electron chi connectivity index (χ0n) is 12.9. The first-order valence-corrected chi connectivity index (χ1v) is 7.20. The fraction of sp³-hybridized carbons (Fsp3) is 0.733. The molecule has 0 aromatic carbocycles. The molecule has 2 N–H and O–H groups in total. The summed E-state index contributed by atoms with van der Waals surface area (Å²) < 4.78 is 5.14. The van der Waals surface area contributed by atoms with Gasteiger partial charge in [0.15, 0.2) is 0 Å². The number of rotatable bonds is 4. The van der Waals surface area contributed by atoms with Gasteiger partial charge in [0.1, 0.15) is 5.60 Å². The van der Waals surface area contributed by atoms with Crippen molar-refractivity contribution in [1.29, 1.82) is 0 Å². The fourth-order valence-electron chi connectivity index (χ4n) is 1.99. The third-order valence-electron chi connectivity index (χ3n) is 2.98. The molecule has 5 heteroatoms. The number of nitrogens with one attached hydrogen (secondary N) is 2. The summed E-state index contributed by atoms with van der Waals surface area (Å²) in [7, 11) is 0. The lowest BCUT2D eigenvalue weighted by Gasteiger charge is -2.23. The number of ether oxygens (including phenoxy) is 1. The summed E-state index contributed by atoms with van der Waals surface area (Å²) in [6.07, 6.45) is 6.36. The smallest absolute Gasteiger partial charge is 0.407 e. The van der Waals surface area contributed by atoms with Crippen molar-refractivity contribution < 1.29 is 14.3 Å². The number of carbonyl (C=O) groups excluding carboxylic acids is 2. The van der Waals surface area contributed by atoms with Crippen molar-refractivity contribution in [3.05, 3.63) is 12.2 Å². The van der Waals surface area contributed by atoms with Crippen molar-refractivity contribution in [3.8, 4) is 0 Å². The molecule has 0 spiro atoms. The molecule has 0 aromatic rings. The average Bonchev–Trinajstić information content (AvgIpc) is 2.35. The molecular formula is C15H26N2O3. The van der Waals surface area contributed by atoms with Gasteiger partial charge >= 0.3 is 6.09 Å². The van der Waals surface area contributed by atoms with Crippen molar-refractivity contribution in [2.24, 2.45) is 5.92 Å². The number of hydrogen-bond donors (Lipinski definition) is 2. The molecule has 0 fully saturated rings. The molecule has 0 bridgehead atoms. The van der Waals surface area contributed by atoms with Gasteiger partial charge in [0, 0.05) is 18.5 Å². The number of amides is 2. The molecule has 0 aliphatic heterocycles. The monoisotopic (exact) mass is 282 g/mol. The zero-order valence-corrected chi connectivity index (χ0v) is 12.9. The van der Waals surface area contributed by atoms with Crippen molar-refractivity contribution in [1.82, 2.24) is 10.6 Å². The normalized spacial score (nSPS) is 20.1. The van der Waals surface area contributed by atoms with Crippen LogP contribution in [0.3, 0.4) is 0 Å². The van der Waals surface area contributed by atoms with E-state index >= 15 is 0 Å². The van der Waals surface area contributed by atoms with Gasteiger partial charge in [-0.2, -0.15) is 0 Å². The SMILES string of the molecule is C[C@@H](CNC(=O)OC(C)(C)C)NC(=O)[C@H]1CC=CCC1. The molecular weight excluding hydrogens is 256 g/mol. The van der Waals surface area contributed by atoms with Crippen LogP contribution in [0.2, 0.25) is 0 Å². The number of alkyl carbamates (subject to hydrolysis) is 1. The minimum absolute atomic E-state index is 0.0592. The molecule has 1 aliphatic carbocycles. The molecule has 114 valence electrons. The van der Waals surface area contributed by atoms with E-state index in [1.54, 1.807) is 0 Å². The lowest BCUT2D eigenvalue weighted by molar-refractivity contribution is -0.125. The van der Waals surface area contributed by atoms with Gasteiger partial charge in [-0.25, -0.2) is 4.79 Å². The molecule has 0 aromatic heterocycles. The highest BCUT2D eigenvalue weighted by Gasteiger charge is 2.21. The van der Waals surface area contributed by atoms with Crippen LogP contribution in [0.15, 0.2) is 12.2 Å². The first-order chi connectivity index (χ1) is 9.28. The molecule has 5 nitrogen and oxygen atoms in total. The van der Waals surface area contributed by atoms with E-state index in [1.807, 2.05) is 27.7 Å². The first kappa shape index (κ1) is 16.5. The molecule has 0 saturated carbocycles. The van der Waals surface area contributed by atoms with Gasteiger partial charge in [-0.3, -0.25) is 4.79 Å². The van der Waals surface area contributed by atoms with E-state index in [0.29, 0.717) is 6.54 Å². The van der Waals surface area contributed by atoms with E-state index in [4.69, 9.17) is 4.74 Å². The van der Waals surface area contributed by atoms with Crippen molar-refractivity contribution >= 4 is 12.0 Å². The van der Waals surface area contributed by atoms with Gasteiger partial charge in [0.05, 0.1) is 0 Å². The Labute approximate surface area is 121 Å². The summed E-state index contributed by atoms with van der Waals surface area (Å²) in [6.45, 7) is 7.67. The number of allylic oxidation sites excluding steroid dienone is 2. The highest BCUT2D eigenvalue weighted by Crippen LogP contribution is 2.18. The third kappa shape index (κ3) is 6.59. The van der Waals surface area contributed by atoms with Crippen LogP contribution in [0.25, 0.3) is 0 Å². The molecule has 0 heterocycles. The Morgan fingerprint density at radius 3 is 2.60 bits per heavy atom. The summed E-state index contributed by atoms with van der Waals surface area (Å²) >= 11 is 0. The maximum atomic E-state index is 12.0. The second-order valence-electron chi connectivity index (χ2n) is 6.27. The maximum absolute atomic E-state index is 12.0. The number of carbonyl (C=O) groups is 2. The molecule has 1 rings (SSSR count). The Hall–Kier alpha value is -1.52. The summed E-state index contributed by atoms with van der Waals surface area (Å²) in [6, 6.07) is -0.110. The van der Waals surface area contributed by atoms with E-state index in [-0.39, 0.29) is 17.9 Å². The minimum atomic E-state index is -0.509. The van der Waals surface area contributed by atoms with Crippen molar-refractivity contribution in [2.75, 3.05) is 6.54 Å². The van der Waals surface area contributed by atoms with Crippen LogP contribution in [-0.4, -0.2) is 30.2 Å². The van der Waals surface area contributed by atoms with E-state index < -0.39 is 11.7 Å². The summed E-state index contributed by atoms with van der Waals surface area (Å²) in [4.78, 5) is 23.5. The Bertz CT molecular complexity index is 372. The summed E-state index contributed by atoms with van der Waals surface area (Å²) in [5.41, 5.74) is -0.509. The van der Waals surface area contributed by atoms with Gasteiger partial charge < -0.3 is 15.4 Å². The number of hydrogen-bond acceptors (Lipinski definition) is 3. The second-order valence-corrected chi connectivity index (χ2v) is 6.27. The van der Waals surface area contributed by atoms with Crippen LogP contribution < -0.4 is 10.6 Å². The zero-order chi connectivity index (χ0) is 15.2. The van der Waals surface area contributed by atoms with E-state index in [1.165, 1.54) is 0 Å². The van der Waals surface area contributed by atoms with Crippen LogP contribution in [0, 0.1) is 5.92 Å². The minimum Gasteiger partial charge on any atom is -0.444 e. The molecule has 1 aliphatic rings. The molecule has 0 unspecified atom stereocenters. The quantitative estimate of drug-likeness (QED) is 0.778. The average molecular weight is 282 g/mol. The molecule has 2 amide bonds. The van der Waals surface area contributed by atoms with Crippen molar-refractivity contribution in [3.63, 3.8) is 0 Å². The predicted molar refractivity (Wildman–Crippen MR) is 78.3 cm³/mol. The van der Waals surface area contributed by atoms with E-state index in [2.05, 4.69) is 22.8 Å². The van der Waals surface area contributed by atoms with Crippen molar-refractivity contribution in [2.45, 2.75) is 58.6 Å². The standard InChI is InChI=1S/C15H26N2O3/c1-11(10-16-14(19)20-15(2,3)4)17-13(18)12-8-6-5-7-9-12/h5-6,11-12H,7-10H2,1-4H3,(H,16,19)(H,17,18)/t11-,12-/m0/s1. The highest BCUT2D eigenvalue weighted by atomic mass is 16.6. The van der Waals surface area contributed by atoms with Gasteiger partial charge in [-0.1, -0.05) is 12.2 Å². The van der Waals surface area contributed by atoms with E-state index in [0.717, 1.165) is 19.3 Å². The van der Waals surface area contributed by atoms with Gasteiger partial charge in [0.2, 0.25) is 5.91 Å². The van der Waals surface area contributed by atoms with Crippen LogP contribution in [0.4, 0.5) is 4.79 Å². The van der Waals surface area contributed by atoms with Gasteiger partial charge in [-0.15, -0.1) is 0 Å². The second kappa shape index (κ2) is 7.31. The van der Waals surface area contributed by atoms with Crippen LogP contribution in [-0.2, 0) is 9.53 Å². The molecule has 0 radical (unpaired) electrons. The van der Waals surface area contributed by atoms with Crippen LogP contribution in [0.1, 0.15) is 47.0 Å². The lowest BCUT2D eigenvalue weighted by atomic mass is 9.93. The predicted octanol–water partition coefficient (Wildman–Crippen LogP) is 2.37. The maximum Gasteiger partial charge on any atom is 0.407 e. The fourth-order valence-corrected chi connectivity index (χ4v) is 1.99. The van der Waals surface area contributed by atoms with E-state index in [9.17, 15) is 9.59 Å². The van der Waals surface area contributed by atoms with Gasteiger partial charge in [-0.05, 0) is 47.0 Å². The topological polar surface area (TPSA) is 67.4 Å². The highest BCUT2D eigenvalue weighted by molar-refractivity contribution is 5.79. The Morgan fingerprint density at radius 1 is 1.35 bits per heavy atom.